The second-order valence-corrected chi connectivity index (χ2v) is 9.12. The molecule has 7 heteroatoms. The molecule has 3 heterocycles. The van der Waals surface area contributed by atoms with E-state index in [9.17, 15) is 9.59 Å². The molecule has 2 aromatic heterocycles. The Morgan fingerprint density at radius 2 is 2.23 bits per heavy atom. The zero-order valence-electron chi connectivity index (χ0n) is 14.8. The van der Waals surface area contributed by atoms with Gasteiger partial charge < -0.3 is 10.3 Å². The molecular formula is C19H21N3O2S2. The molecule has 4 rings (SSSR count). The molecule has 2 aliphatic rings. The summed E-state index contributed by atoms with van der Waals surface area (Å²) in [5.41, 5.74) is 2.09. The number of Topliss-reactive ketones (excluding diaryl/α,β-unsaturated/α-hetero) is 1. The van der Waals surface area contributed by atoms with E-state index in [0.717, 1.165) is 35.4 Å². The Morgan fingerprint density at radius 1 is 1.38 bits per heavy atom. The van der Waals surface area contributed by atoms with Crippen molar-refractivity contribution in [3.63, 3.8) is 0 Å². The number of H-pyrrole nitrogens is 1. The summed E-state index contributed by atoms with van der Waals surface area (Å²) in [6, 6.07) is 3.96. The molecule has 0 spiro atoms. The van der Waals surface area contributed by atoms with Crippen molar-refractivity contribution in [1.29, 1.82) is 0 Å². The first-order valence-electron chi connectivity index (χ1n) is 8.96. The fourth-order valence-corrected chi connectivity index (χ4v) is 5.20. The van der Waals surface area contributed by atoms with E-state index in [2.05, 4.69) is 24.1 Å². The molecule has 26 heavy (non-hydrogen) atoms. The molecule has 0 saturated carbocycles. The zero-order chi connectivity index (χ0) is 18.3. The number of carbonyl (C=O) groups is 1. The van der Waals surface area contributed by atoms with Crippen molar-refractivity contribution in [2.75, 3.05) is 5.32 Å². The van der Waals surface area contributed by atoms with Gasteiger partial charge in [0.15, 0.2) is 10.9 Å². The number of nitrogens with one attached hydrogen (secondary N) is 2. The van der Waals surface area contributed by atoms with E-state index in [1.54, 1.807) is 23.1 Å². The second-order valence-electron chi connectivity index (χ2n) is 6.71. The Kier molecular flexibility index (Phi) is 4.75. The highest BCUT2D eigenvalue weighted by atomic mass is 32.2. The maximum absolute atomic E-state index is 13.0. The highest BCUT2D eigenvalue weighted by Crippen LogP contribution is 2.44. The Balaban J connectivity index is 1.87. The molecule has 1 aliphatic carbocycles. The van der Waals surface area contributed by atoms with E-state index in [1.807, 2.05) is 17.5 Å². The normalized spacial score (nSPS) is 20.4. The van der Waals surface area contributed by atoms with Gasteiger partial charge >= 0.3 is 0 Å². The average Bonchev–Trinajstić information content (AvgIpc) is 3.14. The molecule has 0 bridgehead atoms. The van der Waals surface area contributed by atoms with Crippen LogP contribution < -0.4 is 10.9 Å². The molecular weight excluding hydrogens is 366 g/mol. The van der Waals surface area contributed by atoms with Crippen molar-refractivity contribution >= 4 is 34.7 Å². The topological polar surface area (TPSA) is 74.8 Å². The summed E-state index contributed by atoms with van der Waals surface area (Å²) in [7, 11) is 0. The fraction of sp³-hybridized carbons (Fsp3) is 0.421. The fourth-order valence-electron chi connectivity index (χ4n) is 3.51. The molecule has 0 aromatic carbocycles. The van der Waals surface area contributed by atoms with Gasteiger partial charge in [0.1, 0.15) is 5.82 Å². The lowest BCUT2D eigenvalue weighted by molar-refractivity contribution is -0.116. The first-order valence-corrected chi connectivity index (χ1v) is 10.7. The van der Waals surface area contributed by atoms with Crippen molar-refractivity contribution in [2.45, 2.75) is 55.9 Å². The number of ketones is 1. The molecule has 0 radical (unpaired) electrons. The van der Waals surface area contributed by atoms with Crippen LogP contribution in [0.4, 0.5) is 5.82 Å². The van der Waals surface area contributed by atoms with Crippen LogP contribution in [0, 0.1) is 0 Å². The number of hydrogen-bond donors (Lipinski definition) is 2. The Labute approximate surface area is 160 Å². The summed E-state index contributed by atoms with van der Waals surface area (Å²) in [5, 5.41) is 6.30. The lowest BCUT2D eigenvalue weighted by Crippen LogP contribution is -2.32. The zero-order valence-corrected chi connectivity index (χ0v) is 16.4. The molecule has 2 aromatic rings. The van der Waals surface area contributed by atoms with Crippen LogP contribution in [-0.4, -0.2) is 21.0 Å². The minimum absolute atomic E-state index is 0.139. The number of fused-ring (bicyclic) bond motifs is 1. The lowest BCUT2D eigenvalue weighted by Gasteiger charge is -2.32. The van der Waals surface area contributed by atoms with Crippen molar-refractivity contribution in [3.05, 3.63) is 49.6 Å². The van der Waals surface area contributed by atoms with Gasteiger partial charge in [0, 0.05) is 27.8 Å². The number of hydrogen-bond acceptors (Lipinski definition) is 6. The van der Waals surface area contributed by atoms with Crippen LogP contribution in [0.15, 0.2) is 38.7 Å². The summed E-state index contributed by atoms with van der Waals surface area (Å²) >= 11 is 3.15. The number of thioether (sulfide) groups is 1. The molecule has 0 fully saturated rings. The molecule has 0 unspecified atom stereocenters. The number of allylic oxidation sites excluding steroid dienone is 2. The summed E-state index contributed by atoms with van der Waals surface area (Å²) in [5.74, 6) is 0.430. The van der Waals surface area contributed by atoms with Gasteiger partial charge in [-0.15, -0.1) is 11.3 Å². The summed E-state index contributed by atoms with van der Waals surface area (Å²) in [6.07, 6.45) is 3.21. The molecule has 2 N–H and O–H groups in total. The number of nitrogens with zero attached hydrogens (tertiary/aromatic N) is 1. The van der Waals surface area contributed by atoms with E-state index < -0.39 is 0 Å². The third kappa shape index (κ3) is 3.03. The number of thiophene rings is 1. The van der Waals surface area contributed by atoms with Crippen molar-refractivity contribution < 1.29 is 4.79 Å². The van der Waals surface area contributed by atoms with Gasteiger partial charge in [0.2, 0.25) is 0 Å². The van der Waals surface area contributed by atoms with Crippen LogP contribution in [0.3, 0.4) is 0 Å². The SMILES string of the molecule is CC[C@@H](C)Sc1nc2c(c(=O)[nH]1)[C@H](c1cccs1)C1=C(CCCC1=O)N2. The maximum atomic E-state index is 13.0. The van der Waals surface area contributed by atoms with E-state index in [0.29, 0.717) is 28.2 Å². The largest absolute Gasteiger partial charge is 0.343 e. The van der Waals surface area contributed by atoms with Crippen molar-refractivity contribution in [3.8, 4) is 0 Å². The van der Waals surface area contributed by atoms with E-state index >= 15 is 0 Å². The third-order valence-corrected chi connectivity index (χ3v) is 7.04. The van der Waals surface area contributed by atoms with Crippen LogP contribution >= 0.6 is 23.1 Å². The van der Waals surface area contributed by atoms with Gasteiger partial charge in [-0.1, -0.05) is 31.7 Å². The van der Waals surface area contributed by atoms with Crippen molar-refractivity contribution in [1.82, 2.24) is 9.97 Å². The van der Waals surface area contributed by atoms with Crippen LogP contribution in [0.1, 0.15) is 55.9 Å². The first kappa shape index (κ1) is 17.5. The van der Waals surface area contributed by atoms with Gasteiger partial charge in [-0.3, -0.25) is 9.59 Å². The summed E-state index contributed by atoms with van der Waals surface area (Å²) in [6.45, 7) is 4.23. The third-order valence-electron chi connectivity index (χ3n) is 4.95. The van der Waals surface area contributed by atoms with Gasteiger partial charge in [-0.2, -0.15) is 0 Å². The molecule has 0 saturated heterocycles. The first-order chi connectivity index (χ1) is 12.6. The van der Waals surface area contributed by atoms with Gasteiger partial charge in [0.05, 0.1) is 11.5 Å². The van der Waals surface area contributed by atoms with Gasteiger partial charge in [-0.25, -0.2) is 4.98 Å². The molecule has 5 nitrogen and oxygen atoms in total. The maximum Gasteiger partial charge on any atom is 0.257 e. The van der Waals surface area contributed by atoms with Crippen LogP contribution in [0.2, 0.25) is 0 Å². The van der Waals surface area contributed by atoms with E-state index in [-0.39, 0.29) is 17.3 Å². The summed E-state index contributed by atoms with van der Waals surface area (Å²) < 4.78 is 0. The number of rotatable bonds is 4. The Bertz CT molecular complexity index is 931. The standard InChI is InChI=1S/C19H21N3O2S2/c1-3-10(2)26-19-21-17-16(18(24)22-19)15(13-8-5-9-25-13)14-11(20-17)6-4-7-12(14)23/h5,8-10,15H,3-4,6-7H2,1-2H3,(H2,20,21,22,24)/t10-,15-/m1/s1. The minimum atomic E-state index is -0.312. The van der Waals surface area contributed by atoms with E-state index in [1.165, 1.54) is 0 Å². The number of anilines is 1. The van der Waals surface area contributed by atoms with Crippen LogP contribution in [0.5, 0.6) is 0 Å². The Hall–Kier alpha value is -1.86. The molecule has 1 aliphatic heterocycles. The predicted molar refractivity (Wildman–Crippen MR) is 106 cm³/mol. The van der Waals surface area contributed by atoms with Crippen molar-refractivity contribution in [2.24, 2.45) is 0 Å². The minimum Gasteiger partial charge on any atom is -0.343 e. The number of aromatic amines is 1. The van der Waals surface area contributed by atoms with E-state index in [4.69, 9.17) is 4.98 Å². The second kappa shape index (κ2) is 7.04. The number of aromatic nitrogens is 2. The Morgan fingerprint density at radius 3 is 2.96 bits per heavy atom. The van der Waals surface area contributed by atoms with Crippen LogP contribution in [0.25, 0.3) is 0 Å². The molecule has 2 atom stereocenters. The number of carbonyl (C=O) groups excluding carboxylic acids is 1. The summed E-state index contributed by atoms with van der Waals surface area (Å²) in [4.78, 5) is 34.3. The highest BCUT2D eigenvalue weighted by molar-refractivity contribution is 7.99. The molecule has 0 amide bonds. The van der Waals surface area contributed by atoms with Gasteiger partial charge in [0.25, 0.3) is 5.56 Å². The highest BCUT2D eigenvalue weighted by Gasteiger charge is 2.38. The monoisotopic (exact) mass is 387 g/mol. The van der Waals surface area contributed by atoms with Crippen LogP contribution in [-0.2, 0) is 4.79 Å². The smallest absolute Gasteiger partial charge is 0.257 e. The lowest BCUT2D eigenvalue weighted by atomic mass is 9.79. The quantitative estimate of drug-likeness (QED) is 0.605. The van der Waals surface area contributed by atoms with Gasteiger partial charge in [-0.05, 0) is 30.7 Å². The molecule has 136 valence electrons. The average molecular weight is 388 g/mol. The predicted octanol–water partition coefficient (Wildman–Crippen LogP) is 4.29.